The maximum atomic E-state index is 13.5. The molecule has 148 valence electrons. The minimum absolute atomic E-state index is 0.0531. The van der Waals surface area contributed by atoms with Crippen molar-refractivity contribution in [1.29, 1.82) is 0 Å². The van der Waals surface area contributed by atoms with E-state index in [0.717, 1.165) is 25.7 Å². The zero-order valence-corrected chi connectivity index (χ0v) is 17.3. The van der Waals surface area contributed by atoms with E-state index in [1.54, 1.807) is 7.11 Å². The van der Waals surface area contributed by atoms with E-state index in [1.807, 2.05) is 13.8 Å². The molecule has 0 aromatic carbocycles. The van der Waals surface area contributed by atoms with E-state index in [4.69, 9.17) is 9.47 Å². The summed E-state index contributed by atoms with van der Waals surface area (Å²) < 4.78 is 11.1. The SMILES string of the molecule is COCO[C@H]1C[C@@H]2[C@@H](CC34CC[C@@H](C(C)(C)O)[C@]3(C)CC(=O)[C@@]24C)[C@H]1C. The van der Waals surface area contributed by atoms with Gasteiger partial charge in [0.25, 0.3) is 0 Å². The molecule has 0 aromatic rings. The highest BCUT2D eigenvalue weighted by atomic mass is 16.7. The summed E-state index contributed by atoms with van der Waals surface area (Å²) in [6, 6.07) is 0. The molecule has 0 radical (unpaired) electrons. The molecule has 4 saturated carbocycles. The van der Waals surface area contributed by atoms with Gasteiger partial charge in [0.2, 0.25) is 0 Å². The molecule has 0 amide bonds. The molecule has 4 aliphatic rings. The maximum absolute atomic E-state index is 13.5. The molecule has 4 nitrogen and oxygen atoms in total. The second-order valence-electron chi connectivity index (χ2n) is 10.7. The number of hydrogen-bond acceptors (Lipinski definition) is 4. The molecule has 1 unspecified atom stereocenters. The van der Waals surface area contributed by atoms with Gasteiger partial charge in [0.05, 0.1) is 11.7 Å². The van der Waals surface area contributed by atoms with Crippen LogP contribution in [0.15, 0.2) is 0 Å². The summed E-state index contributed by atoms with van der Waals surface area (Å²) in [4.78, 5) is 13.5. The lowest BCUT2D eigenvalue weighted by molar-refractivity contribution is -0.131. The highest BCUT2D eigenvalue weighted by Gasteiger charge is 2.80. The number of carbonyl (C=O) groups excluding carboxylic acids is 1. The first-order chi connectivity index (χ1) is 12.0. The van der Waals surface area contributed by atoms with E-state index >= 15 is 0 Å². The molecule has 26 heavy (non-hydrogen) atoms. The smallest absolute Gasteiger partial charge is 0.146 e. The number of methoxy groups -OCH3 is 1. The Labute approximate surface area is 158 Å². The molecule has 0 bridgehead atoms. The minimum atomic E-state index is -0.725. The predicted molar refractivity (Wildman–Crippen MR) is 99.4 cm³/mol. The van der Waals surface area contributed by atoms with Crippen molar-refractivity contribution >= 4 is 5.78 Å². The van der Waals surface area contributed by atoms with Crippen LogP contribution in [0.5, 0.6) is 0 Å². The van der Waals surface area contributed by atoms with E-state index in [9.17, 15) is 9.90 Å². The standard InChI is InChI=1S/C22H36O4/c1-13-14-10-22-8-7-17(19(2,3)24)20(22,4)11-18(23)21(22,5)15(14)9-16(13)26-12-25-6/h13-17,24H,7-12H2,1-6H3/t13-,14+,15-,16+,17+,20+,21-,22?/m1/s1. The third-order valence-electron chi connectivity index (χ3n) is 9.67. The van der Waals surface area contributed by atoms with Crippen LogP contribution in [0.3, 0.4) is 0 Å². The van der Waals surface area contributed by atoms with E-state index in [-0.39, 0.29) is 28.3 Å². The van der Waals surface area contributed by atoms with Crippen LogP contribution in [0, 0.1) is 39.9 Å². The Morgan fingerprint density at radius 1 is 1.31 bits per heavy atom. The topological polar surface area (TPSA) is 55.8 Å². The summed E-state index contributed by atoms with van der Waals surface area (Å²) in [7, 11) is 1.66. The Kier molecular flexibility index (Phi) is 4.03. The van der Waals surface area contributed by atoms with E-state index in [2.05, 4.69) is 20.8 Å². The van der Waals surface area contributed by atoms with Crippen molar-refractivity contribution in [3.05, 3.63) is 0 Å². The lowest BCUT2D eigenvalue weighted by Gasteiger charge is -2.48. The van der Waals surface area contributed by atoms with Gasteiger partial charge in [-0.25, -0.2) is 0 Å². The summed E-state index contributed by atoms with van der Waals surface area (Å²) in [5, 5.41) is 10.9. The molecule has 4 fully saturated rings. The predicted octanol–water partition coefficient (Wildman–Crippen LogP) is 3.80. The number of ether oxygens (including phenoxy) is 2. The number of hydrogen-bond donors (Lipinski definition) is 1. The van der Waals surface area contributed by atoms with Crippen LogP contribution in [0.4, 0.5) is 0 Å². The zero-order valence-electron chi connectivity index (χ0n) is 17.3. The molecule has 0 saturated heterocycles. The number of ketones is 1. The maximum Gasteiger partial charge on any atom is 0.146 e. The van der Waals surface area contributed by atoms with Crippen molar-refractivity contribution in [3.63, 3.8) is 0 Å². The van der Waals surface area contributed by atoms with E-state index in [0.29, 0.717) is 36.8 Å². The van der Waals surface area contributed by atoms with Gasteiger partial charge in [0.15, 0.2) is 0 Å². The number of rotatable bonds is 4. The minimum Gasteiger partial charge on any atom is -0.390 e. The number of aliphatic hydroxyl groups is 1. The molecule has 4 aliphatic carbocycles. The third kappa shape index (κ3) is 1.99. The first-order valence-corrected chi connectivity index (χ1v) is 10.4. The van der Waals surface area contributed by atoms with Gasteiger partial charge >= 0.3 is 0 Å². The van der Waals surface area contributed by atoms with Gasteiger partial charge in [0.1, 0.15) is 12.6 Å². The zero-order chi connectivity index (χ0) is 19.1. The first kappa shape index (κ1) is 18.9. The fourth-order valence-corrected chi connectivity index (χ4v) is 8.55. The van der Waals surface area contributed by atoms with Crippen molar-refractivity contribution < 1.29 is 19.4 Å². The first-order valence-electron chi connectivity index (χ1n) is 10.4. The number of fused-ring (bicyclic) bond motifs is 2. The van der Waals surface area contributed by atoms with Crippen molar-refractivity contribution in [3.8, 4) is 0 Å². The van der Waals surface area contributed by atoms with Crippen molar-refractivity contribution in [2.75, 3.05) is 13.9 Å². The molecule has 0 aromatic heterocycles. The van der Waals surface area contributed by atoms with E-state index < -0.39 is 5.60 Å². The van der Waals surface area contributed by atoms with E-state index in [1.165, 1.54) is 0 Å². The lowest BCUT2D eigenvalue weighted by atomic mass is 9.55. The van der Waals surface area contributed by atoms with Crippen molar-refractivity contribution in [1.82, 2.24) is 0 Å². The summed E-state index contributed by atoms with van der Waals surface area (Å²) in [6.07, 6.45) is 5.06. The van der Waals surface area contributed by atoms with Crippen LogP contribution >= 0.6 is 0 Å². The molecule has 8 atom stereocenters. The second kappa shape index (κ2) is 5.55. The molecule has 4 rings (SSSR count). The van der Waals surface area contributed by atoms with Crippen LogP contribution in [0.1, 0.15) is 66.7 Å². The molecule has 1 N–H and O–H groups in total. The summed E-state index contributed by atoms with van der Waals surface area (Å²) >= 11 is 0. The van der Waals surface area contributed by atoms with Gasteiger partial charge in [-0.1, -0.05) is 20.8 Å². The van der Waals surface area contributed by atoms with Gasteiger partial charge in [-0.15, -0.1) is 0 Å². The van der Waals surface area contributed by atoms with Crippen LogP contribution in [-0.4, -0.2) is 36.5 Å². The Bertz CT molecular complexity index is 610. The van der Waals surface area contributed by atoms with Gasteiger partial charge in [-0.3, -0.25) is 4.79 Å². The summed E-state index contributed by atoms with van der Waals surface area (Å²) in [6.45, 7) is 11.1. The third-order valence-corrected chi connectivity index (χ3v) is 9.67. The molecular formula is C22H36O4. The Balaban J connectivity index is 1.72. The highest BCUT2D eigenvalue weighted by Crippen LogP contribution is 2.82. The second-order valence-corrected chi connectivity index (χ2v) is 10.7. The number of Topliss-reactive ketones (excluding diaryl/α,β-unsaturated/α-hetero) is 1. The fraction of sp³-hybridized carbons (Fsp3) is 0.955. The molecular weight excluding hydrogens is 328 g/mol. The highest BCUT2D eigenvalue weighted by molar-refractivity contribution is 5.90. The van der Waals surface area contributed by atoms with Crippen LogP contribution in [0.2, 0.25) is 0 Å². The normalized spacial score (nSPS) is 53.0. The van der Waals surface area contributed by atoms with Crippen molar-refractivity contribution in [2.24, 2.45) is 39.9 Å². The van der Waals surface area contributed by atoms with Gasteiger partial charge < -0.3 is 14.6 Å². The van der Waals surface area contributed by atoms with Crippen molar-refractivity contribution in [2.45, 2.75) is 78.4 Å². The number of carbonyl (C=O) groups is 1. The summed E-state index contributed by atoms with van der Waals surface area (Å²) in [5.41, 5.74) is -1.01. The Hall–Kier alpha value is -0.450. The molecule has 0 heterocycles. The largest absolute Gasteiger partial charge is 0.390 e. The average molecular weight is 365 g/mol. The monoisotopic (exact) mass is 364 g/mol. The quantitative estimate of drug-likeness (QED) is 0.771. The van der Waals surface area contributed by atoms with Gasteiger partial charge in [0, 0.05) is 18.9 Å². The molecule has 4 heteroatoms. The van der Waals surface area contributed by atoms with Crippen LogP contribution in [0.25, 0.3) is 0 Å². The lowest BCUT2D eigenvalue weighted by Crippen LogP contribution is -2.47. The van der Waals surface area contributed by atoms with Crippen LogP contribution < -0.4 is 0 Å². The average Bonchev–Trinajstić information content (AvgIpc) is 3.14. The Morgan fingerprint density at radius 3 is 2.62 bits per heavy atom. The van der Waals surface area contributed by atoms with Crippen LogP contribution in [-0.2, 0) is 14.3 Å². The van der Waals surface area contributed by atoms with Gasteiger partial charge in [-0.05, 0) is 74.0 Å². The Morgan fingerprint density at radius 2 is 2.00 bits per heavy atom. The molecule has 1 spiro atoms. The van der Waals surface area contributed by atoms with Gasteiger partial charge in [-0.2, -0.15) is 0 Å². The summed E-state index contributed by atoms with van der Waals surface area (Å²) in [5.74, 6) is 2.07. The fourth-order valence-electron chi connectivity index (χ4n) is 8.55. The molecule has 0 aliphatic heterocycles.